The maximum absolute atomic E-state index is 12.4. The predicted octanol–water partition coefficient (Wildman–Crippen LogP) is 3.37. The van der Waals surface area contributed by atoms with E-state index in [1.54, 1.807) is 17.9 Å². The van der Waals surface area contributed by atoms with Gasteiger partial charge >= 0.3 is 5.97 Å². The van der Waals surface area contributed by atoms with Crippen molar-refractivity contribution in [1.29, 1.82) is 0 Å². The van der Waals surface area contributed by atoms with Gasteiger partial charge in [-0.25, -0.2) is 9.97 Å². The van der Waals surface area contributed by atoms with Gasteiger partial charge in [0.15, 0.2) is 5.65 Å². The van der Waals surface area contributed by atoms with E-state index in [0.29, 0.717) is 22.7 Å². The van der Waals surface area contributed by atoms with Gasteiger partial charge in [-0.1, -0.05) is 42.5 Å². The highest BCUT2D eigenvalue weighted by atomic mass is 16.7. The highest BCUT2D eigenvalue weighted by Gasteiger charge is 2.18. The van der Waals surface area contributed by atoms with E-state index in [4.69, 9.17) is 4.74 Å². The molecule has 0 aliphatic heterocycles. The summed E-state index contributed by atoms with van der Waals surface area (Å²) in [5.41, 5.74) is 5.98. The van der Waals surface area contributed by atoms with Crippen LogP contribution >= 0.6 is 0 Å². The zero-order valence-electron chi connectivity index (χ0n) is 17.0. The summed E-state index contributed by atoms with van der Waals surface area (Å²) >= 11 is 0. The smallest absolute Gasteiger partial charge is 0.329 e. The van der Waals surface area contributed by atoms with Crippen LogP contribution in [0.3, 0.4) is 0 Å². The molecule has 0 aliphatic rings. The van der Waals surface area contributed by atoms with E-state index >= 15 is 0 Å². The first-order valence-electron chi connectivity index (χ1n) is 9.57. The first-order valence-corrected chi connectivity index (χ1v) is 9.57. The fourth-order valence-corrected chi connectivity index (χ4v) is 3.24. The molecule has 0 saturated carbocycles. The molecular weight excluding hydrogens is 396 g/mol. The highest BCUT2D eigenvalue weighted by molar-refractivity contribution is 5.85. The number of carbonyl (C=O) groups is 2. The number of methoxy groups -OCH3 is 1. The number of pyridine rings is 1. The summed E-state index contributed by atoms with van der Waals surface area (Å²) in [6, 6.07) is 19.1. The van der Waals surface area contributed by atoms with Crippen molar-refractivity contribution in [1.82, 2.24) is 20.0 Å². The summed E-state index contributed by atoms with van der Waals surface area (Å²) in [5.74, 6) is 0.108. The largest absolute Gasteiger partial charge is 0.497 e. The number of ether oxygens (including phenoxy) is 1. The van der Waals surface area contributed by atoms with Crippen LogP contribution in [-0.2, 0) is 21.0 Å². The average Bonchev–Trinajstić information content (AvgIpc) is 3.16. The molecule has 0 atom stereocenters. The van der Waals surface area contributed by atoms with Gasteiger partial charge in [0.1, 0.15) is 18.1 Å². The van der Waals surface area contributed by atoms with Gasteiger partial charge in [0.05, 0.1) is 12.6 Å². The molecule has 0 aliphatic carbocycles. The van der Waals surface area contributed by atoms with Crippen molar-refractivity contribution in [3.63, 3.8) is 0 Å². The lowest BCUT2D eigenvalue weighted by molar-refractivity contribution is -0.156. The van der Waals surface area contributed by atoms with Gasteiger partial charge in [-0.3, -0.25) is 9.59 Å². The number of carbonyl (C=O) groups excluding carboxylic acids is 2. The van der Waals surface area contributed by atoms with Gasteiger partial charge in [-0.15, -0.1) is 0 Å². The average molecular weight is 416 g/mol. The summed E-state index contributed by atoms with van der Waals surface area (Å²) < 4.78 is 7.06. The minimum Gasteiger partial charge on any atom is -0.497 e. The third-order valence-electron chi connectivity index (χ3n) is 4.65. The van der Waals surface area contributed by atoms with Gasteiger partial charge in [-0.2, -0.15) is 5.48 Å². The summed E-state index contributed by atoms with van der Waals surface area (Å²) in [6.45, 7) is 1.10. The van der Waals surface area contributed by atoms with Gasteiger partial charge in [0, 0.05) is 24.2 Å². The van der Waals surface area contributed by atoms with E-state index < -0.39 is 11.9 Å². The second-order valence-corrected chi connectivity index (χ2v) is 6.81. The van der Waals surface area contributed by atoms with Gasteiger partial charge in [0.25, 0.3) is 5.91 Å². The van der Waals surface area contributed by atoms with Crippen molar-refractivity contribution < 1.29 is 19.2 Å². The van der Waals surface area contributed by atoms with Crippen LogP contribution in [0.2, 0.25) is 0 Å². The molecule has 0 unspecified atom stereocenters. The number of hydrogen-bond donors (Lipinski definition) is 1. The second kappa shape index (κ2) is 8.66. The minimum atomic E-state index is -0.607. The Bertz CT molecular complexity index is 1250. The molecule has 156 valence electrons. The van der Waals surface area contributed by atoms with Gasteiger partial charge in [-0.05, 0) is 23.8 Å². The molecular formula is C23H20N4O4. The molecule has 0 spiro atoms. The minimum absolute atomic E-state index is 0.115. The second-order valence-electron chi connectivity index (χ2n) is 6.81. The Morgan fingerprint density at radius 1 is 1.00 bits per heavy atom. The monoisotopic (exact) mass is 416 g/mol. The summed E-state index contributed by atoms with van der Waals surface area (Å²) in [4.78, 5) is 37.3. The fraction of sp³-hybridized carbons (Fsp3) is 0.130. The number of rotatable bonds is 5. The zero-order chi connectivity index (χ0) is 21.8. The maximum atomic E-state index is 12.4. The maximum Gasteiger partial charge on any atom is 0.329 e. The SMILES string of the molecule is COc1cccc(-c2nc3ncc(-c4ccccc4)cc3n2CC(=O)NOC(C)=O)c1. The fourth-order valence-electron chi connectivity index (χ4n) is 3.24. The number of imidazole rings is 1. The molecule has 8 heteroatoms. The van der Waals surface area contributed by atoms with Crippen LogP contribution in [0, 0.1) is 0 Å². The number of benzene rings is 2. The third kappa shape index (κ3) is 4.37. The molecule has 2 heterocycles. The Hall–Kier alpha value is -4.20. The van der Waals surface area contributed by atoms with Crippen molar-refractivity contribution in [3.05, 3.63) is 66.9 Å². The summed E-state index contributed by atoms with van der Waals surface area (Å²) in [5, 5.41) is 0. The van der Waals surface area contributed by atoms with Crippen LogP contribution in [0.15, 0.2) is 66.9 Å². The lowest BCUT2D eigenvalue weighted by Gasteiger charge is -2.10. The first-order chi connectivity index (χ1) is 15.0. The van der Waals surface area contributed by atoms with E-state index in [2.05, 4.69) is 20.3 Å². The van der Waals surface area contributed by atoms with E-state index in [0.717, 1.165) is 16.7 Å². The predicted molar refractivity (Wildman–Crippen MR) is 115 cm³/mol. The van der Waals surface area contributed by atoms with Crippen LogP contribution < -0.4 is 10.2 Å². The molecule has 4 rings (SSSR count). The van der Waals surface area contributed by atoms with Crippen molar-refractivity contribution in [3.8, 4) is 28.3 Å². The molecule has 2 aromatic heterocycles. The first kappa shape index (κ1) is 20.1. The zero-order valence-corrected chi connectivity index (χ0v) is 17.0. The Labute approximate surface area is 178 Å². The van der Waals surface area contributed by atoms with Crippen molar-refractivity contribution >= 4 is 23.0 Å². The molecule has 0 fully saturated rings. The van der Waals surface area contributed by atoms with Crippen LogP contribution in [0.5, 0.6) is 5.75 Å². The molecule has 2 aromatic carbocycles. The topological polar surface area (TPSA) is 95.3 Å². The van der Waals surface area contributed by atoms with E-state index in [-0.39, 0.29) is 6.54 Å². The number of aromatic nitrogens is 3. The van der Waals surface area contributed by atoms with Crippen molar-refractivity contribution in [2.45, 2.75) is 13.5 Å². The highest BCUT2D eigenvalue weighted by Crippen LogP contribution is 2.29. The number of fused-ring (bicyclic) bond motifs is 1. The Balaban J connectivity index is 1.83. The molecule has 0 bridgehead atoms. The summed E-state index contributed by atoms with van der Waals surface area (Å²) in [6.07, 6.45) is 1.75. The number of nitrogens with zero attached hydrogens (tertiary/aromatic N) is 3. The normalized spacial score (nSPS) is 10.6. The Morgan fingerprint density at radius 3 is 2.52 bits per heavy atom. The molecule has 0 radical (unpaired) electrons. The van der Waals surface area contributed by atoms with Crippen LogP contribution in [0.25, 0.3) is 33.7 Å². The third-order valence-corrected chi connectivity index (χ3v) is 4.65. The van der Waals surface area contributed by atoms with Gasteiger partial charge < -0.3 is 14.1 Å². The van der Waals surface area contributed by atoms with Crippen molar-refractivity contribution in [2.75, 3.05) is 7.11 Å². The molecule has 4 aromatic rings. The molecule has 31 heavy (non-hydrogen) atoms. The van der Waals surface area contributed by atoms with Crippen LogP contribution in [-0.4, -0.2) is 33.5 Å². The van der Waals surface area contributed by atoms with Crippen LogP contribution in [0.4, 0.5) is 0 Å². The molecule has 1 amide bonds. The van der Waals surface area contributed by atoms with E-state index in [1.165, 1.54) is 6.92 Å². The number of hydroxylamine groups is 1. The van der Waals surface area contributed by atoms with Crippen LogP contribution in [0.1, 0.15) is 6.92 Å². The quantitative estimate of drug-likeness (QED) is 0.501. The molecule has 1 N–H and O–H groups in total. The number of hydrogen-bond acceptors (Lipinski definition) is 6. The number of amides is 1. The molecule has 8 nitrogen and oxygen atoms in total. The summed E-state index contributed by atoms with van der Waals surface area (Å²) in [7, 11) is 1.59. The van der Waals surface area contributed by atoms with Crippen molar-refractivity contribution in [2.24, 2.45) is 0 Å². The lowest BCUT2D eigenvalue weighted by atomic mass is 10.1. The molecule has 0 saturated heterocycles. The Morgan fingerprint density at radius 2 is 1.77 bits per heavy atom. The van der Waals surface area contributed by atoms with E-state index in [1.807, 2.05) is 60.7 Å². The lowest BCUT2D eigenvalue weighted by Crippen LogP contribution is -2.29. The number of nitrogens with one attached hydrogen (secondary N) is 1. The standard InChI is InChI=1S/C23H20N4O4/c1-15(28)31-26-21(29)14-27-20-12-18(16-7-4-3-5-8-16)13-24-22(20)25-23(27)17-9-6-10-19(11-17)30-2/h3-13H,14H2,1-2H3,(H,26,29). The van der Waals surface area contributed by atoms with E-state index in [9.17, 15) is 9.59 Å². The Kier molecular flexibility index (Phi) is 5.61. The van der Waals surface area contributed by atoms with Gasteiger partial charge in [0.2, 0.25) is 0 Å².